The first-order valence-corrected chi connectivity index (χ1v) is 7.89. The molecular formula is C17H26N2. The molecule has 104 valence electrons. The molecule has 3 rings (SSSR count). The van der Waals surface area contributed by atoms with Gasteiger partial charge in [0.05, 0.1) is 0 Å². The van der Waals surface area contributed by atoms with Crippen molar-refractivity contribution in [2.24, 2.45) is 5.92 Å². The fraction of sp³-hybridized carbons (Fsp3) is 0.647. The fourth-order valence-corrected chi connectivity index (χ4v) is 3.67. The van der Waals surface area contributed by atoms with Crippen molar-refractivity contribution in [1.29, 1.82) is 0 Å². The van der Waals surface area contributed by atoms with E-state index >= 15 is 0 Å². The predicted molar refractivity (Wildman–Crippen MR) is 81.8 cm³/mol. The average Bonchev–Trinajstić information content (AvgIpc) is 2.62. The molecule has 2 nitrogen and oxygen atoms in total. The minimum absolute atomic E-state index is 0.695. The first-order chi connectivity index (χ1) is 9.33. The van der Waals surface area contributed by atoms with Gasteiger partial charge in [-0.15, -0.1) is 0 Å². The van der Waals surface area contributed by atoms with Crippen LogP contribution in [0.3, 0.4) is 0 Å². The summed E-state index contributed by atoms with van der Waals surface area (Å²) in [6.45, 7) is 6.02. The molecule has 1 saturated heterocycles. The largest absolute Gasteiger partial charge is 0.371 e. The highest BCUT2D eigenvalue weighted by Crippen LogP contribution is 2.28. The maximum atomic E-state index is 3.56. The Kier molecular flexibility index (Phi) is 4.07. The van der Waals surface area contributed by atoms with Gasteiger partial charge in [-0.2, -0.15) is 0 Å². The van der Waals surface area contributed by atoms with E-state index in [9.17, 15) is 0 Å². The lowest BCUT2D eigenvalue weighted by atomic mass is 9.92. The molecule has 0 amide bonds. The van der Waals surface area contributed by atoms with E-state index in [1.807, 2.05) is 0 Å². The Hall–Kier alpha value is -1.02. The van der Waals surface area contributed by atoms with Crippen LogP contribution >= 0.6 is 0 Å². The van der Waals surface area contributed by atoms with Crippen LogP contribution in [0.1, 0.15) is 38.2 Å². The molecule has 2 aliphatic heterocycles. The highest BCUT2D eigenvalue weighted by atomic mass is 15.1. The molecule has 2 unspecified atom stereocenters. The summed E-state index contributed by atoms with van der Waals surface area (Å²) in [6, 6.07) is 9.72. The summed E-state index contributed by atoms with van der Waals surface area (Å²) in [5.74, 6) is 0.863. The molecular weight excluding hydrogens is 232 g/mol. The summed E-state index contributed by atoms with van der Waals surface area (Å²) in [7, 11) is 0. The lowest BCUT2D eigenvalue weighted by Gasteiger charge is -2.34. The average molecular weight is 258 g/mol. The van der Waals surface area contributed by atoms with Crippen molar-refractivity contribution in [3.05, 3.63) is 29.8 Å². The lowest BCUT2D eigenvalue weighted by Crippen LogP contribution is -2.41. The molecule has 1 fully saturated rings. The molecule has 0 aromatic heterocycles. The molecule has 0 aliphatic carbocycles. The number of hydrogen-bond acceptors (Lipinski definition) is 2. The molecule has 0 bridgehead atoms. The standard InChI is InChI=1S/C17H26N2/c1-14-12-15(9-10-18-14)13-19-11-5-4-7-16-6-2-3-8-17(16)19/h2-3,6,8,14-15,18H,4-5,7,9-13H2,1H3. The van der Waals surface area contributed by atoms with E-state index in [1.165, 1.54) is 57.4 Å². The zero-order chi connectivity index (χ0) is 13.1. The van der Waals surface area contributed by atoms with Gasteiger partial charge < -0.3 is 10.2 Å². The van der Waals surface area contributed by atoms with Crippen molar-refractivity contribution in [3.8, 4) is 0 Å². The molecule has 0 saturated carbocycles. The lowest BCUT2D eigenvalue weighted by molar-refractivity contribution is 0.316. The van der Waals surface area contributed by atoms with Crippen molar-refractivity contribution in [3.63, 3.8) is 0 Å². The number of rotatable bonds is 2. The number of nitrogens with one attached hydrogen (secondary N) is 1. The molecule has 1 N–H and O–H groups in total. The summed E-state index contributed by atoms with van der Waals surface area (Å²) in [4.78, 5) is 2.66. The van der Waals surface area contributed by atoms with Gasteiger partial charge in [0.25, 0.3) is 0 Å². The van der Waals surface area contributed by atoms with Crippen LogP contribution in [0.15, 0.2) is 24.3 Å². The fourth-order valence-electron chi connectivity index (χ4n) is 3.67. The van der Waals surface area contributed by atoms with Crippen LogP contribution in [0.25, 0.3) is 0 Å². The van der Waals surface area contributed by atoms with Gasteiger partial charge in [-0.3, -0.25) is 0 Å². The molecule has 0 radical (unpaired) electrons. The number of nitrogens with zero attached hydrogens (tertiary/aromatic N) is 1. The van der Waals surface area contributed by atoms with Crippen LogP contribution in [0, 0.1) is 5.92 Å². The van der Waals surface area contributed by atoms with E-state index in [2.05, 4.69) is 41.4 Å². The van der Waals surface area contributed by atoms with Crippen LogP contribution in [0.5, 0.6) is 0 Å². The second kappa shape index (κ2) is 5.96. The predicted octanol–water partition coefficient (Wildman–Crippen LogP) is 3.22. The van der Waals surface area contributed by atoms with Crippen LogP contribution in [0.4, 0.5) is 5.69 Å². The van der Waals surface area contributed by atoms with E-state index < -0.39 is 0 Å². The van der Waals surface area contributed by atoms with Crippen LogP contribution in [0.2, 0.25) is 0 Å². The number of para-hydroxylation sites is 1. The third-order valence-electron chi connectivity index (χ3n) is 4.67. The maximum Gasteiger partial charge on any atom is 0.0398 e. The van der Waals surface area contributed by atoms with E-state index in [1.54, 1.807) is 5.56 Å². The Balaban J connectivity index is 1.73. The zero-order valence-electron chi connectivity index (χ0n) is 12.1. The third-order valence-corrected chi connectivity index (χ3v) is 4.67. The Morgan fingerprint density at radius 1 is 1.26 bits per heavy atom. The Bertz CT molecular complexity index is 415. The van der Waals surface area contributed by atoms with Gasteiger partial charge in [0.1, 0.15) is 0 Å². The Morgan fingerprint density at radius 3 is 3.05 bits per heavy atom. The van der Waals surface area contributed by atoms with Crippen molar-refractivity contribution in [2.75, 3.05) is 24.5 Å². The Labute approximate surface area is 117 Å². The number of anilines is 1. The molecule has 2 heteroatoms. The molecule has 2 heterocycles. The second-order valence-corrected chi connectivity index (χ2v) is 6.28. The quantitative estimate of drug-likeness (QED) is 0.876. The maximum absolute atomic E-state index is 3.56. The van der Waals surface area contributed by atoms with Crippen molar-refractivity contribution in [2.45, 2.75) is 45.1 Å². The first-order valence-electron chi connectivity index (χ1n) is 7.89. The molecule has 0 spiro atoms. The molecule has 1 aromatic carbocycles. The van der Waals surface area contributed by atoms with Gasteiger partial charge in [-0.05, 0) is 63.1 Å². The van der Waals surface area contributed by atoms with Gasteiger partial charge in [0, 0.05) is 24.8 Å². The molecule has 2 aliphatic rings. The Morgan fingerprint density at radius 2 is 2.16 bits per heavy atom. The SMILES string of the molecule is CC1CC(CN2CCCCc3ccccc32)CCN1. The van der Waals surface area contributed by atoms with Crippen molar-refractivity contribution < 1.29 is 0 Å². The zero-order valence-corrected chi connectivity index (χ0v) is 12.1. The van der Waals surface area contributed by atoms with Crippen molar-refractivity contribution >= 4 is 5.69 Å². The number of hydrogen-bond donors (Lipinski definition) is 1. The van der Waals surface area contributed by atoms with Gasteiger partial charge in [0.15, 0.2) is 0 Å². The van der Waals surface area contributed by atoms with E-state index in [0.717, 1.165) is 5.92 Å². The normalized spacial score (nSPS) is 27.7. The topological polar surface area (TPSA) is 15.3 Å². The van der Waals surface area contributed by atoms with E-state index in [0.29, 0.717) is 6.04 Å². The van der Waals surface area contributed by atoms with Gasteiger partial charge in [0.2, 0.25) is 0 Å². The molecule has 2 atom stereocenters. The van der Waals surface area contributed by atoms with Crippen molar-refractivity contribution in [1.82, 2.24) is 5.32 Å². The van der Waals surface area contributed by atoms with Crippen LogP contribution < -0.4 is 10.2 Å². The van der Waals surface area contributed by atoms with E-state index in [-0.39, 0.29) is 0 Å². The number of aryl methyl sites for hydroxylation is 1. The minimum atomic E-state index is 0.695. The monoisotopic (exact) mass is 258 g/mol. The highest BCUT2D eigenvalue weighted by molar-refractivity contribution is 5.54. The second-order valence-electron chi connectivity index (χ2n) is 6.28. The van der Waals surface area contributed by atoms with Crippen LogP contribution in [-0.4, -0.2) is 25.7 Å². The third kappa shape index (κ3) is 3.11. The number of piperidine rings is 1. The summed E-state index contributed by atoms with van der Waals surface area (Å²) in [6.07, 6.45) is 6.61. The highest BCUT2D eigenvalue weighted by Gasteiger charge is 2.22. The summed E-state index contributed by atoms with van der Waals surface area (Å²) in [5.41, 5.74) is 3.06. The molecule has 19 heavy (non-hydrogen) atoms. The summed E-state index contributed by atoms with van der Waals surface area (Å²) in [5, 5.41) is 3.56. The number of benzene rings is 1. The molecule has 1 aromatic rings. The first kappa shape index (κ1) is 13.0. The van der Waals surface area contributed by atoms with E-state index in [4.69, 9.17) is 0 Å². The summed E-state index contributed by atoms with van der Waals surface area (Å²) < 4.78 is 0. The summed E-state index contributed by atoms with van der Waals surface area (Å²) >= 11 is 0. The number of fused-ring (bicyclic) bond motifs is 1. The van der Waals surface area contributed by atoms with Gasteiger partial charge in [-0.25, -0.2) is 0 Å². The smallest absolute Gasteiger partial charge is 0.0398 e. The minimum Gasteiger partial charge on any atom is -0.371 e. The van der Waals surface area contributed by atoms with Gasteiger partial charge in [-0.1, -0.05) is 18.2 Å². The van der Waals surface area contributed by atoms with Gasteiger partial charge >= 0.3 is 0 Å². The van der Waals surface area contributed by atoms with Crippen LogP contribution in [-0.2, 0) is 6.42 Å².